The van der Waals surface area contributed by atoms with E-state index < -0.39 is 47.3 Å². The minimum absolute atomic E-state index is 0.0542. The van der Waals surface area contributed by atoms with Crippen molar-refractivity contribution in [3.63, 3.8) is 0 Å². The van der Waals surface area contributed by atoms with Crippen LogP contribution in [0.15, 0.2) is 24.3 Å². The van der Waals surface area contributed by atoms with Crippen LogP contribution in [0.1, 0.15) is 18.4 Å². The molecule has 13 heteroatoms. The lowest BCUT2D eigenvalue weighted by Gasteiger charge is -2.18. The monoisotopic (exact) mass is 442 g/mol. The average molecular weight is 442 g/mol. The smallest absolute Gasteiger partial charge is 0.322 e. The zero-order valence-corrected chi connectivity index (χ0v) is 16.6. The molecular formula is C17H22N4O8S. The highest BCUT2D eigenvalue weighted by molar-refractivity contribution is 7.98. The maximum Gasteiger partial charge on any atom is 0.322 e. The third kappa shape index (κ3) is 9.34. The highest BCUT2D eigenvalue weighted by Crippen LogP contribution is 2.17. The predicted molar refractivity (Wildman–Crippen MR) is 107 cm³/mol. The molecule has 0 aliphatic heterocycles. The normalized spacial score (nSPS) is 12.4. The van der Waals surface area contributed by atoms with Gasteiger partial charge >= 0.3 is 11.9 Å². The standard InChI is InChI=1S/C17H22N4O8S/c18-12(17(26)27)5-6-14(22)20-13(16(25)19-7-15(23)24)9-30-8-10-1-3-11(4-2-10)21(28)29/h1-4,12-13H,5-9,18H2,(H,19,25)(H,20,22)(H,23,24)(H,26,27)/t12-,13-/m0/s1. The van der Waals surface area contributed by atoms with E-state index >= 15 is 0 Å². The lowest BCUT2D eigenvalue weighted by Crippen LogP contribution is -2.49. The van der Waals surface area contributed by atoms with Crippen LogP contribution >= 0.6 is 11.8 Å². The Hall–Kier alpha value is -3.19. The van der Waals surface area contributed by atoms with Crippen molar-refractivity contribution >= 4 is 41.2 Å². The molecule has 0 heterocycles. The van der Waals surface area contributed by atoms with E-state index in [2.05, 4.69) is 10.6 Å². The minimum atomic E-state index is -1.25. The topological polar surface area (TPSA) is 202 Å². The SMILES string of the molecule is N[C@@H](CCC(=O)N[C@@H](CSCc1ccc([N+](=O)[O-])cc1)C(=O)NCC(=O)O)C(=O)O. The number of nitro benzene ring substituents is 1. The minimum Gasteiger partial charge on any atom is -0.480 e. The number of nitrogens with one attached hydrogen (secondary N) is 2. The molecule has 0 aliphatic carbocycles. The third-order valence-electron chi connectivity index (χ3n) is 3.77. The third-order valence-corrected chi connectivity index (χ3v) is 4.87. The van der Waals surface area contributed by atoms with E-state index in [9.17, 15) is 29.3 Å². The molecule has 2 amide bonds. The summed E-state index contributed by atoms with van der Waals surface area (Å²) in [6, 6.07) is 3.56. The number of benzene rings is 1. The fourth-order valence-electron chi connectivity index (χ4n) is 2.15. The van der Waals surface area contributed by atoms with Crippen LogP contribution < -0.4 is 16.4 Å². The summed E-state index contributed by atoms with van der Waals surface area (Å²) in [4.78, 5) is 55.7. The molecule has 0 saturated heterocycles. The fraction of sp³-hybridized carbons (Fsp3) is 0.412. The second-order valence-electron chi connectivity index (χ2n) is 6.15. The number of carbonyl (C=O) groups is 4. The molecule has 164 valence electrons. The number of carboxylic acid groups (broad SMARTS) is 2. The van der Waals surface area contributed by atoms with E-state index in [0.717, 1.165) is 5.56 Å². The molecule has 6 N–H and O–H groups in total. The highest BCUT2D eigenvalue weighted by Gasteiger charge is 2.22. The van der Waals surface area contributed by atoms with Gasteiger partial charge in [0.2, 0.25) is 11.8 Å². The van der Waals surface area contributed by atoms with Gasteiger partial charge in [0.05, 0.1) is 4.92 Å². The summed E-state index contributed by atoms with van der Waals surface area (Å²) in [7, 11) is 0. The number of nitrogens with zero attached hydrogens (tertiary/aromatic N) is 1. The fourth-order valence-corrected chi connectivity index (χ4v) is 3.17. The number of carbonyl (C=O) groups excluding carboxylic acids is 2. The van der Waals surface area contributed by atoms with Crippen LogP contribution in [0.2, 0.25) is 0 Å². The highest BCUT2D eigenvalue weighted by atomic mass is 32.2. The molecule has 1 aromatic carbocycles. The summed E-state index contributed by atoms with van der Waals surface area (Å²) >= 11 is 1.25. The molecular weight excluding hydrogens is 420 g/mol. The van der Waals surface area contributed by atoms with Crippen molar-refractivity contribution in [1.29, 1.82) is 0 Å². The van der Waals surface area contributed by atoms with Crippen LogP contribution in [0.3, 0.4) is 0 Å². The maximum absolute atomic E-state index is 12.2. The van der Waals surface area contributed by atoms with Gasteiger partial charge in [-0.05, 0) is 12.0 Å². The van der Waals surface area contributed by atoms with E-state index in [0.29, 0.717) is 5.75 Å². The van der Waals surface area contributed by atoms with Gasteiger partial charge in [-0.15, -0.1) is 0 Å². The lowest BCUT2D eigenvalue weighted by molar-refractivity contribution is -0.384. The first kappa shape index (κ1) is 24.8. The summed E-state index contributed by atoms with van der Waals surface area (Å²) in [5, 5.41) is 32.7. The van der Waals surface area contributed by atoms with Gasteiger partial charge < -0.3 is 26.6 Å². The number of nitro groups is 1. The van der Waals surface area contributed by atoms with Crippen LogP contribution in [0.25, 0.3) is 0 Å². The number of nitrogens with two attached hydrogens (primary N) is 1. The Bertz CT molecular complexity index is 786. The van der Waals surface area contributed by atoms with Gasteiger partial charge in [-0.3, -0.25) is 29.3 Å². The van der Waals surface area contributed by atoms with E-state index in [-0.39, 0.29) is 24.3 Å². The largest absolute Gasteiger partial charge is 0.480 e. The van der Waals surface area contributed by atoms with Crippen LogP contribution in [0, 0.1) is 10.1 Å². The molecule has 2 atom stereocenters. The predicted octanol–water partition coefficient (Wildman–Crippen LogP) is -0.294. The van der Waals surface area contributed by atoms with Crippen molar-refractivity contribution in [2.24, 2.45) is 5.73 Å². The second-order valence-corrected chi connectivity index (χ2v) is 7.18. The number of carboxylic acids is 2. The molecule has 0 fully saturated rings. The molecule has 30 heavy (non-hydrogen) atoms. The molecule has 1 aromatic rings. The van der Waals surface area contributed by atoms with Gasteiger partial charge in [-0.25, -0.2) is 0 Å². The van der Waals surface area contributed by atoms with Crippen molar-refractivity contribution in [3.05, 3.63) is 39.9 Å². The zero-order valence-electron chi connectivity index (χ0n) is 15.8. The summed E-state index contributed by atoms with van der Waals surface area (Å²) < 4.78 is 0. The van der Waals surface area contributed by atoms with E-state index in [1.54, 1.807) is 12.1 Å². The van der Waals surface area contributed by atoms with Crippen molar-refractivity contribution < 1.29 is 34.3 Å². The summed E-state index contributed by atoms with van der Waals surface area (Å²) in [6.45, 7) is -0.623. The maximum atomic E-state index is 12.2. The number of non-ortho nitro benzene ring substituents is 1. The number of aliphatic carboxylic acids is 2. The quantitative estimate of drug-likeness (QED) is 0.199. The first-order valence-electron chi connectivity index (χ1n) is 8.68. The molecule has 12 nitrogen and oxygen atoms in total. The lowest BCUT2D eigenvalue weighted by atomic mass is 10.1. The van der Waals surface area contributed by atoms with E-state index in [1.807, 2.05) is 0 Å². The molecule has 1 rings (SSSR count). The van der Waals surface area contributed by atoms with Crippen LogP contribution in [0.5, 0.6) is 0 Å². The van der Waals surface area contributed by atoms with E-state index in [1.165, 1.54) is 23.9 Å². The Balaban J connectivity index is 2.64. The van der Waals surface area contributed by atoms with Gasteiger partial charge in [0.1, 0.15) is 18.6 Å². The Labute approximate surface area is 175 Å². The van der Waals surface area contributed by atoms with Gasteiger partial charge in [0, 0.05) is 30.1 Å². The average Bonchev–Trinajstić information content (AvgIpc) is 2.69. The summed E-state index contributed by atoms with van der Waals surface area (Å²) in [5.74, 6) is -3.32. The Kier molecular flexibility index (Phi) is 10.3. The number of hydrogen-bond acceptors (Lipinski definition) is 8. The van der Waals surface area contributed by atoms with E-state index in [4.69, 9.17) is 15.9 Å². The molecule has 0 aliphatic rings. The Morgan fingerprint density at radius 2 is 1.80 bits per heavy atom. The van der Waals surface area contributed by atoms with Gasteiger partial charge in [-0.2, -0.15) is 11.8 Å². The number of rotatable bonds is 13. The first-order valence-corrected chi connectivity index (χ1v) is 9.84. The van der Waals surface area contributed by atoms with Crippen LogP contribution in [0.4, 0.5) is 5.69 Å². The molecule has 0 bridgehead atoms. The second kappa shape index (κ2) is 12.4. The Morgan fingerprint density at radius 3 is 2.33 bits per heavy atom. The van der Waals surface area contributed by atoms with Crippen LogP contribution in [-0.4, -0.2) is 63.3 Å². The summed E-state index contributed by atoms with van der Waals surface area (Å²) in [6.07, 6.45) is -0.343. The number of thioether (sulfide) groups is 1. The number of hydrogen-bond donors (Lipinski definition) is 5. The van der Waals surface area contributed by atoms with Gasteiger partial charge in [0.25, 0.3) is 5.69 Å². The van der Waals surface area contributed by atoms with Crippen molar-refractivity contribution in [2.75, 3.05) is 12.3 Å². The van der Waals surface area contributed by atoms with Crippen LogP contribution in [-0.2, 0) is 24.9 Å². The van der Waals surface area contributed by atoms with Crippen molar-refractivity contribution in [2.45, 2.75) is 30.7 Å². The molecule has 0 aromatic heterocycles. The molecule has 0 saturated carbocycles. The van der Waals surface area contributed by atoms with Crippen molar-refractivity contribution in [3.8, 4) is 0 Å². The molecule has 0 spiro atoms. The Morgan fingerprint density at radius 1 is 1.17 bits per heavy atom. The van der Waals surface area contributed by atoms with Gasteiger partial charge in [-0.1, -0.05) is 12.1 Å². The zero-order chi connectivity index (χ0) is 22.7. The van der Waals surface area contributed by atoms with Gasteiger partial charge in [0.15, 0.2) is 0 Å². The summed E-state index contributed by atoms with van der Waals surface area (Å²) in [5.41, 5.74) is 6.04. The first-order chi connectivity index (χ1) is 14.1. The van der Waals surface area contributed by atoms with Crippen molar-refractivity contribution in [1.82, 2.24) is 10.6 Å². The molecule has 0 unspecified atom stereocenters. The number of amides is 2. The molecule has 0 radical (unpaired) electrons.